The molecule has 1 rings (SSSR count). The van der Waals surface area contributed by atoms with E-state index in [9.17, 15) is 4.79 Å². The molecule has 0 bridgehead atoms. The van der Waals surface area contributed by atoms with Crippen molar-refractivity contribution in [1.29, 1.82) is 0 Å². The van der Waals surface area contributed by atoms with Crippen LogP contribution in [0.5, 0.6) is 0 Å². The lowest BCUT2D eigenvalue weighted by molar-refractivity contribution is -0.124. The summed E-state index contributed by atoms with van der Waals surface area (Å²) >= 11 is 5.60. The quantitative estimate of drug-likeness (QED) is 0.700. The summed E-state index contributed by atoms with van der Waals surface area (Å²) in [4.78, 5) is 11.4. The molecule has 0 aromatic rings. The van der Waals surface area contributed by atoms with Gasteiger partial charge in [-0.2, -0.15) is 0 Å². The summed E-state index contributed by atoms with van der Waals surface area (Å²) in [7, 11) is 0. The van der Waals surface area contributed by atoms with Gasteiger partial charge in [0, 0.05) is 17.8 Å². The van der Waals surface area contributed by atoms with E-state index in [-0.39, 0.29) is 11.8 Å². The molecule has 0 aromatic carbocycles. The van der Waals surface area contributed by atoms with Crippen molar-refractivity contribution in [2.45, 2.75) is 39.2 Å². The third-order valence-corrected chi connectivity index (χ3v) is 3.18. The van der Waals surface area contributed by atoms with Crippen LogP contribution in [0.25, 0.3) is 0 Å². The molecule has 0 heterocycles. The molecule has 13 heavy (non-hydrogen) atoms. The first-order valence-corrected chi connectivity index (χ1v) is 5.53. The van der Waals surface area contributed by atoms with E-state index in [2.05, 4.69) is 12.2 Å². The van der Waals surface area contributed by atoms with E-state index in [1.165, 1.54) is 6.42 Å². The molecule has 0 aliphatic heterocycles. The van der Waals surface area contributed by atoms with E-state index in [1.54, 1.807) is 0 Å². The summed E-state index contributed by atoms with van der Waals surface area (Å²) in [5.74, 6) is 1.22. The van der Waals surface area contributed by atoms with E-state index in [0.29, 0.717) is 11.9 Å². The van der Waals surface area contributed by atoms with Gasteiger partial charge < -0.3 is 5.32 Å². The van der Waals surface area contributed by atoms with Crippen LogP contribution in [-0.2, 0) is 4.79 Å². The highest BCUT2D eigenvalue weighted by Crippen LogP contribution is 2.24. The zero-order valence-corrected chi connectivity index (χ0v) is 9.10. The molecule has 1 aliphatic carbocycles. The van der Waals surface area contributed by atoms with Crippen LogP contribution in [0, 0.1) is 11.8 Å². The van der Waals surface area contributed by atoms with Gasteiger partial charge in [0.2, 0.25) is 5.91 Å². The highest BCUT2D eigenvalue weighted by Gasteiger charge is 2.24. The van der Waals surface area contributed by atoms with Gasteiger partial charge in [0.25, 0.3) is 0 Å². The van der Waals surface area contributed by atoms with Crippen molar-refractivity contribution in [2.24, 2.45) is 11.8 Å². The second kappa shape index (κ2) is 4.85. The molecular weight excluding hydrogens is 186 g/mol. The Bertz CT molecular complexity index is 184. The number of amides is 1. The Morgan fingerprint density at radius 3 is 2.77 bits per heavy atom. The molecule has 0 radical (unpaired) electrons. The van der Waals surface area contributed by atoms with Gasteiger partial charge >= 0.3 is 0 Å². The zero-order valence-electron chi connectivity index (χ0n) is 8.35. The van der Waals surface area contributed by atoms with E-state index >= 15 is 0 Å². The van der Waals surface area contributed by atoms with Gasteiger partial charge in [0.15, 0.2) is 0 Å². The van der Waals surface area contributed by atoms with Crippen LogP contribution in [0.4, 0.5) is 0 Å². The number of carbonyl (C=O) groups excluding carboxylic acids is 1. The third-order valence-electron chi connectivity index (χ3n) is 2.72. The molecule has 3 atom stereocenters. The predicted octanol–water partition coefficient (Wildman–Crippen LogP) is 2.17. The van der Waals surface area contributed by atoms with Gasteiger partial charge in [-0.25, -0.2) is 0 Å². The van der Waals surface area contributed by atoms with E-state index < -0.39 is 0 Å². The van der Waals surface area contributed by atoms with E-state index in [0.717, 1.165) is 18.8 Å². The van der Waals surface area contributed by atoms with Crippen molar-refractivity contribution in [3.63, 3.8) is 0 Å². The average molecular weight is 204 g/mol. The molecule has 1 amide bonds. The van der Waals surface area contributed by atoms with Gasteiger partial charge in [-0.1, -0.05) is 13.8 Å². The van der Waals surface area contributed by atoms with Crippen molar-refractivity contribution >= 4 is 17.5 Å². The smallest absolute Gasteiger partial charge is 0.224 e. The second-order valence-corrected chi connectivity index (χ2v) is 4.49. The van der Waals surface area contributed by atoms with Crippen LogP contribution in [0.2, 0.25) is 0 Å². The SMILES string of the molecule is CC1CCC(NC(=O)C(C)CCl)C1. The van der Waals surface area contributed by atoms with Crippen LogP contribution in [0.15, 0.2) is 0 Å². The fraction of sp³-hybridized carbons (Fsp3) is 0.900. The summed E-state index contributed by atoms with van der Waals surface area (Å²) in [6.45, 7) is 4.10. The maximum absolute atomic E-state index is 11.4. The van der Waals surface area contributed by atoms with Gasteiger partial charge in [0.05, 0.1) is 0 Å². The van der Waals surface area contributed by atoms with Crippen molar-refractivity contribution in [1.82, 2.24) is 5.32 Å². The largest absolute Gasteiger partial charge is 0.353 e. The average Bonchev–Trinajstić information content (AvgIpc) is 2.49. The molecule has 2 nitrogen and oxygen atoms in total. The van der Waals surface area contributed by atoms with Crippen molar-refractivity contribution < 1.29 is 4.79 Å². The molecule has 3 heteroatoms. The first-order chi connectivity index (χ1) is 6.13. The number of rotatable bonds is 3. The van der Waals surface area contributed by atoms with Crippen LogP contribution in [-0.4, -0.2) is 17.8 Å². The van der Waals surface area contributed by atoms with Crippen molar-refractivity contribution in [2.75, 3.05) is 5.88 Å². The monoisotopic (exact) mass is 203 g/mol. The minimum absolute atomic E-state index is 0.0578. The molecule has 1 fully saturated rings. The molecule has 0 spiro atoms. The highest BCUT2D eigenvalue weighted by molar-refractivity contribution is 6.19. The Labute approximate surface area is 85.0 Å². The normalized spacial score (nSPS) is 30.1. The zero-order chi connectivity index (χ0) is 9.84. The Morgan fingerprint density at radius 1 is 1.62 bits per heavy atom. The fourth-order valence-corrected chi connectivity index (χ4v) is 1.89. The Balaban J connectivity index is 2.28. The maximum atomic E-state index is 11.4. The predicted molar refractivity (Wildman–Crippen MR) is 54.8 cm³/mol. The molecule has 0 aromatic heterocycles. The lowest BCUT2D eigenvalue weighted by Crippen LogP contribution is -2.37. The topological polar surface area (TPSA) is 29.1 Å². The summed E-state index contributed by atoms with van der Waals surface area (Å²) in [6, 6.07) is 0.396. The van der Waals surface area contributed by atoms with Gasteiger partial charge in [-0.05, 0) is 25.2 Å². The van der Waals surface area contributed by atoms with Gasteiger partial charge in [0.1, 0.15) is 0 Å². The first-order valence-electron chi connectivity index (χ1n) is 4.99. The highest BCUT2D eigenvalue weighted by atomic mass is 35.5. The maximum Gasteiger partial charge on any atom is 0.224 e. The lowest BCUT2D eigenvalue weighted by atomic mass is 10.1. The molecule has 1 N–H and O–H groups in total. The summed E-state index contributed by atoms with van der Waals surface area (Å²) in [5.41, 5.74) is 0. The number of nitrogens with one attached hydrogen (secondary N) is 1. The molecule has 0 saturated heterocycles. The Kier molecular flexibility index (Phi) is 4.04. The number of halogens is 1. The van der Waals surface area contributed by atoms with Gasteiger partial charge in [-0.15, -0.1) is 11.6 Å². The minimum Gasteiger partial charge on any atom is -0.353 e. The minimum atomic E-state index is -0.0578. The van der Waals surface area contributed by atoms with Crippen LogP contribution >= 0.6 is 11.6 Å². The number of hydrogen-bond acceptors (Lipinski definition) is 1. The molecule has 1 aliphatic rings. The third kappa shape index (κ3) is 3.18. The second-order valence-electron chi connectivity index (χ2n) is 4.18. The lowest BCUT2D eigenvalue weighted by Gasteiger charge is -2.15. The van der Waals surface area contributed by atoms with Crippen LogP contribution < -0.4 is 5.32 Å². The summed E-state index contributed by atoms with van der Waals surface area (Å²) in [6.07, 6.45) is 3.49. The fourth-order valence-electron chi connectivity index (χ4n) is 1.75. The number of carbonyl (C=O) groups is 1. The van der Waals surface area contributed by atoms with E-state index in [4.69, 9.17) is 11.6 Å². The molecule has 3 unspecified atom stereocenters. The van der Waals surface area contributed by atoms with Crippen molar-refractivity contribution in [3.8, 4) is 0 Å². The van der Waals surface area contributed by atoms with Crippen LogP contribution in [0.3, 0.4) is 0 Å². The summed E-state index contributed by atoms with van der Waals surface area (Å²) in [5, 5.41) is 3.04. The standard InChI is InChI=1S/C10H18ClNO/c1-7-3-4-9(5-7)12-10(13)8(2)6-11/h7-9H,3-6H2,1-2H3,(H,12,13). The number of alkyl halides is 1. The van der Waals surface area contributed by atoms with E-state index in [1.807, 2.05) is 6.92 Å². The summed E-state index contributed by atoms with van der Waals surface area (Å²) < 4.78 is 0. The molecule has 76 valence electrons. The first kappa shape index (κ1) is 10.8. The van der Waals surface area contributed by atoms with Crippen LogP contribution in [0.1, 0.15) is 33.1 Å². The Morgan fingerprint density at radius 2 is 2.31 bits per heavy atom. The molecular formula is C10H18ClNO. The van der Waals surface area contributed by atoms with Gasteiger partial charge in [-0.3, -0.25) is 4.79 Å². The molecule has 1 saturated carbocycles. The number of hydrogen-bond donors (Lipinski definition) is 1. The van der Waals surface area contributed by atoms with Crippen molar-refractivity contribution in [3.05, 3.63) is 0 Å². The Hall–Kier alpha value is -0.240.